The average molecular weight is 382 g/mol. The van der Waals surface area contributed by atoms with Crippen molar-refractivity contribution in [2.75, 3.05) is 5.32 Å². The number of benzene rings is 1. The monoisotopic (exact) mass is 381 g/mol. The van der Waals surface area contributed by atoms with Gasteiger partial charge in [-0.25, -0.2) is 9.18 Å². The van der Waals surface area contributed by atoms with Crippen LogP contribution < -0.4 is 5.32 Å². The van der Waals surface area contributed by atoms with Gasteiger partial charge in [-0.1, -0.05) is 12.1 Å². The summed E-state index contributed by atoms with van der Waals surface area (Å²) in [6, 6.07) is 9.05. The summed E-state index contributed by atoms with van der Waals surface area (Å²) in [5.41, 5.74) is 0.0244. The van der Waals surface area contributed by atoms with Gasteiger partial charge in [0.25, 0.3) is 5.91 Å². The Kier molecular flexibility index (Phi) is 5.70. The lowest BCUT2D eigenvalue weighted by atomic mass is 10.3. The fourth-order valence-corrected chi connectivity index (χ4v) is 1.95. The maximum atomic E-state index is 13.4. The van der Waals surface area contributed by atoms with Gasteiger partial charge in [-0.3, -0.25) is 4.79 Å². The maximum absolute atomic E-state index is 13.4. The van der Waals surface area contributed by atoms with Crippen molar-refractivity contribution >= 4 is 39.6 Å². The summed E-state index contributed by atoms with van der Waals surface area (Å²) in [5, 5.41) is 2.35. The number of carbonyl (C=O) groups is 2. The van der Waals surface area contributed by atoms with Crippen LogP contribution in [0.1, 0.15) is 12.7 Å². The molecule has 1 aromatic heterocycles. The van der Waals surface area contributed by atoms with E-state index in [1.54, 1.807) is 18.2 Å². The van der Waals surface area contributed by atoms with Crippen LogP contribution in [0.5, 0.6) is 0 Å². The van der Waals surface area contributed by atoms with E-state index in [0.29, 0.717) is 10.4 Å². The van der Waals surface area contributed by atoms with Crippen LogP contribution in [0.2, 0.25) is 0 Å². The summed E-state index contributed by atoms with van der Waals surface area (Å²) >= 11 is 3.14. The second kappa shape index (κ2) is 7.73. The molecule has 0 aliphatic heterocycles. The number of ether oxygens (including phenoxy) is 1. The number of hydrogen-bond acceptors (Lipinski definition) is 4. The fraction of sp³-hybridized carbons (Fsp3) is 0.125. The number of furan rings is 1. The van der Waals surface area contributed by atoms with Crippen LogP contribution in [0.15, 0.2) is 51.6 Å². The van der Waals surface area contributed by atoms with Crippen molar-refractivity contribution in [2.45, 2.75) is 13.0 Å². The minimum Gasteiger partial charge on any atom is -0.450 e. The van der Waals surface area contributed by atoms with Crippen molar-refractivity contribution in [2.24, 2.45) is 0 Å². The molecule has 1 atom stereocenters. The molecule has 2 rings (SSSR count). The Morgan fingerprint density at radius 3 is 2.70 bits per heavy atom. The van der Waals surface area contributed by atoms with Gasteiger partial charge in [0.05, 0.1) is 5.69 Å². The van der Waals surface area contributed by atoms with E-state index in [2.05, 4.69) is 21.2 Å². The van der Waals surface area contributed by atoms with Crippen molar-refractivity contribution in [1.29, 1.82) is 0 Å². The van der Waals surface area contributed by atoms with Gasteiger partial charge in [-0.05, 0) is 53.2 Å². The highest BCUT2D eigenvalue weighted by Crippen LogP contribution is 2.15. The van der Waals surface area contributed by atoms with E-state index in [1.165, 1.54) is 31.2 Å². The van der Waals surface area contributed by atoms with E-state index in [0.717, 1.165) is 6.08 Å². The van der Waals surface area contributed by atoms with Crippen LogP contribution in [0, 0.1) is 5.82 Å². The number of rotatable bonds is 5. The summed E-state index contributed by atoms with van der Waals surface area (Å²) in [6.45, 7) is 1.39. The number of hydrogen-bond donors (Lipinski definition) is 1. The van der Waals surface area contributed by atoms with Gasteiger partial charge in [0.2, 0.25) is 0 Å². The van der Waals surface area contributed by atoms with Crippen molar-refractivity contribution in [3.8, 4) is 0 Å². The standard InChI is InChI=1S/C16H13BrFNO4/c1-10(16(21)19-13-5-3-2-4-12(13)18)22-15(20)9-7-11-6-8-14(17)23-11/h2-10H,1H3,(H,19,21)/b9-7+/t10-/m0/s1. The molecule has 120 valence electrons. The molecule has 0 fully saturated rings. The molecule has 0 unspecified atom stereocenters. The zero-order chi connectivity index (χ0) is 16.8. The minimum absolute atomic E-state index is 0.0244. The summed E-state index contributed by atoms with van der Waals surface area (Å²) in [7, 11) is 0. The van der Waals surface area contributed by atoms with E-state index in [-0.39, 0.29) is 5.69 Å². The molecule has 23 heavy (non-hydrogen) atoms. The van der Waals surface area contributed by atoms with Crippen LogP contribution >= 0.6 is 15.9 Å². The number of halogens is 2. The van der Waals surface area contributed by atoms with Crippen LogP contribution in [0.25, 0.3) is 6.08 Å². The van der Waals surface area contributed by atoms with Crippen LogP contribution in [0.4, 0.5) is 10.1 Å². The first kappa shape index (κ1) is 17.0. The van der Waals surface area contributed by atoms with Gasteiger partial charge in [0.1, 0.15) is 11.6 Å². The Morgan fingerprint density at radius 1 is 1.30 bits per heavy atom. The zero-order valence-electron chi connectivity index (χ0n) is 12.1. The highest BCUT2D eigenvalue weighted by molar-refractivity contribution is 9.10. The van der Waals surface area contributed by atoms with Crippen molar-refractivity contribution in [1.82, 2.24) is 0 Å². The molecule has 1 heterocycles. The Morgan fingerprint density at radius 2 is 2.04 bits per heavy atom. The SMILES string of the molecule is C[C@H](OC(=O)/C=C/c1ccc(Br)o1)C(=O)Nc1ccccc1F. The smallest absolute Gasteiger partial charge is 0.331 e. The summed E-state index contributed by atoms with van der Waals surface area (Å²) in [6.07, 6.45) is 1.47. The van der Waals surface area contributed by atoms with Gasteiger partial charge in [0, 0.05) is 6.08 Å². The molecule has 0 radical (unpaired) electrons. The van der Waals surface area contributed by atoms with Gasteiger partial charge >= 0.3 is 5.97 Å². The third-order valence-electron chi connectivity index (χ3n) is 2.77. The van der Waals surface area contributed by atoms with Crippen LogP contribution in [-0.4, -0.2) is 18.0 Å². The lowest BCUT2D eigenvalue weighted by molar-refractivity contribution is -0.148. The molecule has 0 saturated heterocycles. The van der Waals surface area contributed by atoms with E-state index in [1.807, 2.05) is 0 Å². The number of esters is 1. The quantitative estimate of drug-likeness (QED) is 0.632. The molecular formula is C16H13BrFNO4. The number of nitrogens with one attached hydrogen (secondary N) is 1. The number of anilines is 1. The minimum atomic E-state index is -1.07. The van der Waals surface area contributed by atoms with E-state index >= 15 is 0 Å². The Bertz CT molecular complexity index is 741. The lowest BCUT2D eigenvalue weighted by Gasteiger charge is -2.12. The van der Waals surface area contributed by atoms with Gasteiger partial charge in [-0.2, -0.15) is 0 Å². The molecule has 1 amide bonds. The normalized spacial score (nSPS) is 12.1. The van der Waals surface area contributed by atoms with Gasteiger partial charge in [0.15, 0.2) is 10.8 Å². The molecule has 1 N–H and O–H groups in total. The highest BCUT2D eigenvalue weighted by atomic mass is 79.9. The number of carbonyl (C=O) groups excluding carboxylic acids is 2. The van der Waals surface area contributed by atoms with Gasteiger partial charge in [-0.15, -0.1) is 0 Å². The first-order chi connectivity index (χ1) is 11.0. The van der Waals surface area contributed by atoms with Gasteiger partial charge < -0.3 is 14.5 Å². The summed E-state index contributed by atoms with van der Waals surface area (Å²) in [5.74, 6) is -1.45. The second-order valence-electron chi connectivity index (χ2n) is 4.52. The predicted molar refractivity (Wildman–Crippen MR) is 86.0 cm³/mol. The summed E-state index contributed by atoms with van der Waals surface area (Å²) < 4.78 is 24.1. The Labute approximate surface area is 140 Å². The molecule has 0 saturated carbocycles. The fourth-order valence-electron chi connectivity index (χ4n) is 1.63. The molecule has 1 aromatic carbocycles. The van der Waals surface area contributed by atoms with E-state index < -0.39 is 23.8 Å². The molecule has 0 spiro atoms. The van der Waals surface area contributed by atoms with Crippen LogP contribution in [0.3, 0.4) is 0 Å². The number of para-hydroxylation sites is 1. The molecule has 0 bridgehead atoms. The Hall–Kier alpha value is -2.41. The topological polar surface area (TPSA) is 68.5 Å². The molecule has 0 aliphatic carbocycles. The molecule has 7 heteroatoms. The third-order valence-corrected chi connectivity index (χ3v) is 3.20. The molecule has 0 aliphatic rings. The molecule has 5 nitrogen and oxygen atoms in total. The average Bonchev–Trinajstić information content (AvgIpc) is 2.93. The first-order valence-electron chi connectivity index (χ1n) is 6.65. The predicted octanol–water partition coefficient (Wildman–Crippen LogP) is 3.76. The third kappa shape index (κ3) is 5.07. The van der Waals surface area contributed by atoms with E-state index in [4.69, 9.17) is 9.15 Å². The highest BCUT2D eigenvalue weighted by Gasteiger charge is 2.17. The molecular weight excluding hydrogens is 369 g/mol. The number of amides is 1. The summed E-state index contributed by atoms with van der Waals surface area (Å²) in [4.78, 5) is 23.5. The first-order valence-corrected chi connectivity index (χ1v) is 7.44. The Balaban J connectivity index is 1.89. The van der Waals surface area contributed by atoms with E-state index in [9.17, 15) is 14.0 Å². The van der Waals surface area contributed by atoms with Crippen molar-refractivity contribution in [3.05, 3.63) is 58.7 Å². The lowest BCUT2D eigenvalue weighted by Crippen LogP contribution is -2.29. The second-order valence-corrected chi connectivity index (χ2v) is 5.30. The zero-order valence-corrected chi connectivity index (χ0v) is 13.7. The van der Waals surface area contributed by atoms with Crippen LogP contribution in [-0.2, 0) is 14.3 Å². The van der Waals surface area contributed by atoms with Crippen molar-refractivity contribution in [3.63, 3.8) is 0 Å². The van der Waals surface area contributed by atoms with Crippen molar-refractivity contribution < 1.29 is 23.1 Å². The molecule has 2 aromatic rings. The largest absolute Gasteiger partial charge is 0.450 e. The maximum Gasteiger partial charge on any atom is 0.331 e.